The number of esters is 1. The van der Waals surface area contributed by atoms with Crippen molar-refractivity contribution < 1.29 is 14.3 Å². The lowest BCUT2D eigenvalue weighted by Crippen LogP contribution is -2.04. The number of benzene rings is 1. The van der Waals surface area contributed by atoms with Gasteiger partial charge in [-0.05, 0) is 18.6 Å². The van der Waals surface area contributed by atoms with Gasteiger partial charge in [-0.15, -0.1) is 0 Å². The zero-order chi connectivity index (χ0) is 13.8. The van der Waals surface area contributed by atoms with E-state index in [2.05, 4.69) is 21.0 Å². The van der Waals surface area contributed by atoms with Crippen LogP contribution in [0.5, 0.6) is 0 Å². The van der Waals surface area contributed by atoms with Gasteiger partial charge in [0.15, 0.2) is 0 Å². The van der Waals surface area contributed by atoms with Crippen molar-refractivity contribution in [2.24, 2.45) is 0 Å². The van der Waals surface area contributed by atoms with Crippen molar-refractivity contribution in [2.75, 3.05) is 20.8 Å². The van der Waals surface area contributed by atoms with Gasteiger partial charge in [-0.3, -0.25) is 4.68 Å². The first kappa shape index (κ1) is 14.0. The summed E-state index contributed by atoms with van der Waals surface area (Å²) < 4.78 is 12.5. The molecule has 0 N–H and O–H groups in total. The fraction of sp³-hybridized carbons (Fsp3) is 0.385. The van der Waals surface area contributed by atoms with Crippen molar-refractivity contribution in [3.8, 4) is 0 Å². The number of aryl methyl sites for hydroxylation is 1. The Morgan fingerprint density at radius 2 is 2.21 bits per heavy atom. The smallest absolute Gasteiger partial charge is 0.338 e. The van der Waals surface area contributed by atoms with Crippen LogP contribution in [-0.2, 0) is 16.0 Å². The summed E-state index contributed by atoms with van der Waals surface area (Å²) in [6.07, 6.45) is 2.56. The summed E-state index contributed by atoms with van der Waals surface area (Å²) in [5, 5.41) is 5.12. The molecule has 1 aromatic heterocycles. The summed E-state index contributed by atoms with van der Waals surface area (Å²) in [7, 11) is 3.05. The average Bonchev–Trinajstić information content (AvgIpc) is 2.80. The highest BCUT2D eigenvalue weighted by atomic mass is 79.9. The van der Waals surface area contributed by atoms with E-state index in [0.29, 0.717) is 12.2 Å². The molecule has 1 aromatic carbocycles. The second kappa shape index (κ2) is 6.16. The van der Waals surface area contributed by atoms with E-state index in [-0.39, 0.29) is 5.97 Å². The maximum absolute atomic E-state index is 11.7. The van der Waals surface area contributed by atoms with Crippen molar-refractivity contribution in [1.82, 2.24) is 9.78 Å². The highest BCUT2D eigenvalue weighted by molar-refractivity contribution is 9.10. The second-order valence-electron chi connectivity index (χ2n) is 4.09. The summed E-state index contributed by atoms with van der Waals surface area (Å²) in [5.74, 6) is -0.359. The Morgan fingerprint density at radius 1 is 1.42 bits per heavy atom. The molecule has 102 valence electrons. The number of carbonyl (C=O) groups excluding carboxylic acids is 1. The molecule has 0 bridgehead atoms. The van der Waals surface area contributed by atoms with Gasteiger partial charge in [0, 0.05) is 30.1 Å². The molecule has 0 fully saturated rings. The Bertz CT molecular complexity index is 595. The molecular formula is C13H15BrN2O3. The Labute approximate surface area is 119 Å². The van der Waals surface area contributed by atoms with Gasteiger partial charge < -0.3 is 9.47 Å². The molecule has 0 saturated heterocycles. The van der Waals surface area contributed by atoms with Gasteiger partial charge in [0.05, 0.1) is 24.4 Å². The molecule has 0 atom stereocenters. The third-order valence-corrected chi connectivity index (χ3v) is 3.31. The number of rotatable bonds is 5. The van der Waals surface area contributed by atoms with Crippen molar-refractivity contribution >= 4 is 32.8 Å². The number of hydrogen-bond acceptors (Lipinski definition) is 4. The summed E-state index contributed by atoms with van der Waals surface area (Å²) in [6.45, 7) is 1.42. The van der Waals surface area contributed by atoms with Crippen LogP contribution in [0.3, 0.4) is 0 Å². The average molecular weight is 327 g/mol. The first-order chi connectivity index (χ1) is 9.17. The van der Waals surface area contributed by atoms with E-state index in [9.17, 15) is 4.79 Å². The lowest BCUT2D eigenvalue weighted by atomic mass is 10.1. The molecule has 1 heterocycles. The van der Waals surface area contributed by atoms with E-state index >= 15 is 0 Å². The number of carbonyl (C=O) groups is 1. The summed E-state index contributed by atoms with van der Waals surface area (Å²) >= 11 is 3.41. The van der Waals surface area contributed by atoms with E-state index in [1.54, 1.807) is 19.4 Å². The Balaban J connectivity index is 2.42. The summed E-state index contributed by atoms with van der Waals surface area (Å²) in [4.78, 5) is 11.7. The molecule has 0 aliphatic heterocycles. The molecule has 0 radical (unpaired) electrons. The highest BCUT2D eigenvalue weighted by Crippen LogP contribution is 2.25. The molecular weight excluding hydrogens is 312 g/mol. The quantitative estimate of drug-likeness (QED) is 0.626. The van der Waals surface area contributed by atoms with Crippen molar-refractivity contribution in [3.05, 3.63) is 28.4 Å². The van der Waals surface area contributed by atoms with E-state index < -0.39 is 0 Å². The van der Waals surface area contributed by atoms with E-state index in [4.69, 9.17) is 9.47 Å². The topological polar surface area (TPSA) is 53.4 Å². The number of nitrogens with zero attached hydrogens (tertiary/aromatic N) is 2. The maximum atomic E-state index is 11.7. The van der Waals surface area contributed by atoms with Crippen LogP contribution >= 0.6 is 15.9 Å². The van der Waals surface area contributed by atoms with Crippen LogP contribution in [-0.4, -0.2) is 36.6 Å². The fourth-order valence-corrected chi connectivity index (χ4v) is 2.40. The lowest BCUT2D eigenvalue weighted by molar-refractivity contribution is 0.0603. The van der Waals surface area contributed by atoms with Crippen molar-refractivity contribution in [1.29, 1.82) is 0 Å². The van der Waals surface area contributed by atoms with Crippen LogP contribution in [0.25, 0.3) is 10.9 Å². The minimum absolute atomic E-state index is 0.359. The molecule has 2 aromatic rings. The number of methoxy groups -OCH3 is 2. The number of aromatic nitrogens is 2. The van der Waals surface area contributed by atoms with Crippen molar-refractivity contribution in [2.45, 2.75) is 13.0 Å². The molecule has 0 amide bonds. The number of halogens is 1. The van der Waals surface area contributed by atoms with Gasteiger partial charge in [0.2, 0.25) is 0 Å². The lowest BCUT2D eigenvalue weighted by Gasteiger charge is -2.05. The Morgan fingerprint density at radius 3 is 2.89 bits per heavy atom. The number of hydrogen-bond donors (Lipinski definition) is 0. The van der Waals surface area contributed by atoms with Gasteiger partial charge >= 0.3 is 5.97 Å². The first-order valence-corrected chi connectivity index (χ1v) is 6.69. The molecule has 6 heteroatoms. The zero-order valence-corrected chi connectivity index (χ0v) is 12.4. The molecule has 19 heavy (non-hydrogen) atoms. The van der Waals surface area contributed by atoms with Crippen LogP contribution in [0.4, 0.5) is 0 Å². The largest absolute Gasteiger partial charge is 0.465 e. The van der Waals surface area contributed by atoms with E-state index in [1.165, 1.54) is 7.11 Å². The van der Waals surface area contributed by atoms with Crippen LogP contribution in [0.2, 0.25) is 0 Å². The molecule has 0 aliphatic carbocycles. The highest BCUT2D eigenvalue weighted by Gasteiger charge is 2.15. The van der Waals surface area contributed by atoms with Gasteiger partial charge in [0.25, 0.3) is 0 Å². The standard InChI is InChI=1S/C13H15BrN2O3/c1-18-5-3-4-16-12-7-9(14)6-10(13(17)19-2)11(12)8-15-16/h6-8H,3-5H2,1-2H3. The SMILES string of the molecule is COCCCn1ncc2c(C(=O)OC)cc(Br)cc21. The van der Waals surface area contributed by atoms with Gasteiger partial charge in [-0.25, -0.2) is 4.79 Å². The first-order valence-electron chi connectivity index (χ1n) is 5.89. The molecule has 0 unspecified atom stereocenters. The third-order valence-electron chi connectivity index (χ3n) is 2.85. The van der Waals surface area contributed by atoms with Crippen LogP contribution < -0.4 is 0 Å². The van der Waals surface area contributed by atoms with Crippen LogP contribution in [0.15, 0.2) is 22.8 Å². The number of ether oxygens (including phenoxy) is 2. The van der Waals surface area contributed by atoms with Gasteiger partial charge in [-0.1, -0.05) is 15.9 Å². The normalized spacial score (nSPS) is 10.9. The zero-order valence-electron chi connectivity index (χ0n) is 10.9. The summed E-state index contributed by atoms with van der Waals surface area (Å²) in [6, 6.07) is 3.69. The molecule has 0 spiro atoms. The summed E-state index contributed by atoms with van der Waals surface area (Å²) in [5.41, 5.74) is 1.43. The van der Waals surface area contributed by atoms with Crippen LogP contribution in [0, 0.1) is 0 Å². The fourth-order valence-electron chi connectivity index (χ4n) is 1.96. The monoisotopic (exact) mass is 326 g/mol. The number of fused-ring (bicyclic) bond motifs is 1. The third kappa shape index (κ3) is 2.96. The predicted octanol–water partition coefficient (Wildman–Crippen LogP) is 2.62. The molecule has 2 rings (SSSR count). The van der Waals surface area contributed by atoms with Crippen LogP contribution in [0.1, 0.15) is 16.8 Å². The second-order valence-corrected chi connectivity index (χ2v) is 5.01. The molecule has 0 aliphatic rings. The van der Waals surface area contributed by atoms with E-state index in [0.717, 1.165) is 28.3 Å². The van der Waals surface area contributed by atoms with Gasteiger partial charge in [0.1, 0.15) is 0 Å². The predicted molar refractivity (Wildman–Crippen MR) is 75.3 cm³/mol. The Kier molecular flexibility index (Phi) is 4.55. The minimum Gasteiger partial charge on any atom is -0.465 e. The Hall–Kier alpha value is -1.40. The maximum Gasteiger partial charge on any atom is 0.338 e. The van der Waals surface area contributed by atoms with E-state index in [1.807, 2.05) is 10.7 Å². The van der Waals surface area contributed by atoms with Crippen molar-refractivity contribution in [3.63, 3.8) is 0 Å². The molecule has 0 saturated carbocycles. The van der Waals surface area contributed by atoms with Gasteiger partial charge in [-0.2, -0.15) is 5.10 Å². The molecule has 5 nitrogen and oxygen atoms in total. The minimum atomic E-state index is -0.359.